The highest BCUT2D eigenvalue weighted by molar-refractivity contribution is 6.30. The van der Waals surface area contributed by atoms with Gasteiger partial charge in [0.25, 0.3) is 5.56 Å². The van der Waals surface area contributed by atoms with Gasteiger partial charge in [-0.15, -0.1) is 0 Å². The van der Waals surface area contributed by atoms with Crippen LogP contribution in [0.25, 0.3) is 10.9 Å². The molecule has 2 amide bonds. The fourth-order valence-corrected chi connectivity index (χ4v) is 3.32. The van der Waals surface area contributed by atoms with Crippen molar-refractivity contribution in [3.8, 4) is 0 Å². The Balaban J connectivity index is 1.57. The van der Waals surface area contributed by atoms with Crippen molar-refractivity contribution in [1.82, 2.24) is 15.6 Å². The predicted octanol–water partition coefficient (Wildman–Crippen LogP) is 3.84. The van der Waals surface area contributed by atoms with Crippen molar-refractivity contribution in [3.05, 3.63) is 80.1 Å². The van der Waals surface area contributed by atoms with E-state index in [2.05, 4.69) is 21.7 Å². The minimum Gasteiger partial charge on any atom is -0.338 e. The van der Waals surface area contributed by atoms with Crippen LogP contribution in [0.15, 0.2) is 47.3 Å². The minimum absolute atomic E-state index is 0.117. The number of halogens is 1. The summed E-state index contributed by atoms with van der Waals surface area (Å²) in [5.74, 6) is 0. The Morgan fingerprint density at radius 1 is 1.11 bits per heavy atom. The van der Waals surface area contributed by atoms with Gasteiger partial charge in [0, 0.05) is 34.6 Å². The molecule has 1 aromatic heterocycles. The summed E-state index contributed by atoms with van der Waals surface area (Å²) >= 11 is 5.93. The molecule has 6 heteroatoms. The smallest absolute Gasteiger partial charge is 0.315 e. The number of benzene rings is 2. The van der Waals surface area contributed by atoms with Crippen LogP contribution in [-0.4, -0.2) is 17.6 Å². The highest BCUT2D eigenvalue weighted by Crippen LogP contribution is 2.18. The van der Waals surface area contributed by atoms with Crippen molar-refractivity contribution < 1.29 is 4.79 Å². The Labute approximate surface area is 162 Å². The third-order valence-electron chi connectivity index (χ3n) is 4.41. The van der Waals surface area contributed by atoms with Gasteiger partial charge in [-0.3, -0.25) is 4.79 Å². The van der Waals surface area contributed by atoms with Gasteiger partial charge in [-0.2, -0.15) is 0 Å². The predicted molar refractivity (Wildman–Crippen MR) is 109 cm³/mol. The lowest BCUT2D eigenvalue weighted by atomic mass is 10.0. The molecule has 0 fully saturated rings. The van der Waals surface area contributed by atoms with Crippen molar-refractivity contribution in [2.45, 2.75) is 26.8 Å². The molecule has 0 spiro atoms. The van der Waals surface area contributed by atoms with E-state index in [-0.39, 0.29) is 11.6 Å². The number of carbonyl (C=O) groups is 1. The van der Waals surface area contributed by atoms with E-state index >= 15 is 0 Å². The lowest BCUT2D eigenvalue weighted by Gasteiger charge is -2.09. The first-order valence-corrected chi connectivity index (χ1v) is 9.19. The molecular formula is C21H22ClN3O2. The van der Waals surface area contributed by atoms with Gasteiger partial charge in [0.2, 0.25) is 0 Å². The lowest BCUT2D eigenvalue weighted by molar-refractivity contribution is 0.240. The molecule has 3 aromatic rings. The number of aromatic nitrogens is 1. The van der Waals surface area contributed by atoms with Crippen molar-refractivity contribution in [2.24, 2.45) is 0 Å². The van der Waals surface area contributed by atoms with Gasteiger partial charge < -0.3 is 15.6 Å². The zero-order valence-corrected chi connectivity index (χ0v) is 16.1. The quantitative estimate of drug-likeness (QED) is 0.626. The van der Waals surface area contributed by atoms with Crippen LogP contribution in [0.4, 0.5) is 4.79 Å². The van der Waals surface area contributed by atoms with E-state index < -0.39 is 0 Å². The molecule has 0 saturated carbocycles. The largest absolute Gasteiger partial charge is 0.338 e. The molecule has 0 unspecified atom stereocenters. The summed E-state index contributed by atoms with van der Waals surface area (Å²) in [6.07, 6.45) is 0.461. The van der Waals surface area contributed by atoms with Crippen LogP contribution >= 0.6 is 11.6 Å². The lowest BCUT2D eigenvalue weighted by Crippen LogP contribution is -2.36. The van der Waals surface area contributed by atoms with Gasteiger partial charge in [0.15, 0.2) is 0 Å². The maximum absolute atomic E-state index is 12.3. The molecular weight excluding hydrogens is 362 g/mol. The highest BCUT2D eigenvalue weighted by atomic mass is 35.5. The first-order chi connectivity index (χ1) is 12.9. The van der Waals surface area contributed by atoms with E-state index in [4.69, 9.17) is 11.6 Å². The summed E-state index contributed by atoms with van der Waals surface area (Å²) in [6.45, 7) is 4.80. The summed E-state index contributed by atoms with van der Waals surface area (Å²) < 4.78 is 0. The van der Waals surface area contributed by atoms with Gasteiger partial charge in [-0.05, 0) is 61.2 Å². The maximum atomic E-state index is 12.3. The second-order valence-electron chi connectivity index (χ2n) is 6.66. The Morgan fingerprint density at radius 2 is 1.93 bits per heavy atom. The number of rotatable bonds is 5. The molecule has 0 aliphatic heterocycles. The van der Waals surface area contributed by atoms with E-state index in [0.717, 1.165) is 27.6 Å². The second-order valence-corrected chi connectivity index (χ2v) is 7.09. The normalized spacial score (nSPS) is 10.8. The number of carbonyl (C=O) groups excluding carboxylic acids is 1. The molecule has 0 aliphatic rings. The number of amides is 2. The summed E-state index contributed by atoms with van der Waals surface area (Å²) in [4.78, 5) is 27.2. The Morgan fingerprint density at radius 3 is 2.70 bits per heavy atom. The average Bonchev–Trinajstić information content (AvgIpc) is 2.61. The Hall–Kier alpha value is -2.79. The molecule has 5 nitrogen and oxygen atoms in total. The highest BCUT2D eigenvalue weighted by Gasteiger charge is 2.07. The number of hydrogen-bond donors (Lipinski definition) is 3. The number of hydrogen-bond acceptors (Lipinski definition) is 2. The molecule has 0 atom stereocenters. The van der Waals surface area contributed by atoms with Crippen LogP contribution in [0, 0.1) is 13.8 Å². The van der Waals surface area contributed by atoms with Crippen LogP contribution < -0.4 is 16.2 Å². The van der Waals surface area contributed by atoms with Crippen molar-refractivity contribution in [3.63, 3.8) is 0 Å². The SMILES string of the molecule is Cc1cc(C)c2cc(CCNC(=O)NCc3cccc(Cl)c3)c(=O)[nH]c2c1. The van der Waals surface area contributed by atoms with Crippen LogP contribution in [0.1, 0.15) is 22.3 Å². The third kappa shape index (κ3) is 4.89. The fraction of sp³-hybridized carbons (Fsp3) is 0.238. The number of pyridine rings is 1. The molecule has 3 N–H and O–H groups in total. The van der Waals surface area contributed by atoms with Gasteiger partial charge in [0.1, 0.15) is 0 Å². The first-order valence-electron chi connectivity index (χ1n) is 8.81. The minimum atomic E-state index is -0.279. The third-order valence-corrected chi connectivity index (χ3v) is 4.65. The number of H-pyrrole nitrogens is 1. The van der Waals surface area contributed by atoms with E-state index in [0.29, 0.717) is 30.1 Å². The van der Waals surface area contributed by atoms with Crippen LogP contribution in [0.2, 0.25) is 5.02 Å². The summed E-state index contributed by atoms with van der Waals surface area (Å²) in [7, 11) is 0. The van der Waals surface area contributed by atoms with E-state index in [1.54, 1.807) is 12.1 Å². The van der Waals surface area contributed by atoms with Crippen LogP contribution in [0.3, 0.4) is 0 Å². The number of fused-ring (bicyclic) bond motifs is 1. The maximum Gasteiger partial charge on any atom is 0.315 e. The number of urea groups is 1. The number of aryl methyl sites for hydroxylation is 2. The van der Waals surface area contributed by atoms with Gasteiger partial charge in [-0.1, -0.05) is 29.8 Å². The molecule has 140 valence electrons. The average molecular weight is 384 g/mol. The monoisotopic (exact) mass is 383 g/mol. The summed E-state index contributed by atoms with van der Waals surface area (Å²) in [5, 5.41) is 7.22. The molecule has 0 aliphatic carbocycles. The van der Waals surface area contributed by atoms with Crippen molar-refractivity contribution in [1.29, 1.82) is 0 Å². The van der Waals surface area contributed by atoms with Crippen molar-refractivity contribution in [2.75, 3.05) is 6.54 Å². The molecule has 0 bridgehead atoms. The van der Waals surface area contributed by atoms with E-state index in [9.17, 15) is 9.59 Å². The fourth-order valence-electron chi connectivity index (χ4n) is 3.10. The summed E-state index contributed by atoms with van der Waals surface area (Å²) in [5.41, 5.74) is 4.54. The van der Waals surface area contributed by atoms with Crippen molar-refractivity contribution >= 4 is 28.5 Å². The van der Waals surface area contributed by atoms with Gasteiger partial charge in [-0.25, -0.2) is 4.79 Å². The molecule has 0 saturated heterocycles. The second kappa shape index (κ2) is 8.27. The standard InChI is InChI=1S/C21H22ClN3O2/c1-13-8-14(2)18-11-16(20(26)25-19(18)9-13)6-7-23-21(27)24-12-15-4-3-5-17(22)10-15/h3-5,8-11H,6-7,12H2,1-2H3,(H,25,26)(H2,23,24,27). The van der Waals surface area contributed by atoms with E-state index in [1.807, 2.05) is 38.1 Å². The van der Waals surface area contributed by atoms with Gasteiger partial charge >= 0.3 is 6.03 Å². The zero-order valence-electron chi connectivity index (χ0n) is 15.4. The molecule has 3 rings (SSSR count). The first kappa shape index (κ1) is 19.0. The number of aromatic amines is 1. The number of nitrogens with one attached hydrogen (secondary N) is 3. The van der Waals surface area contributed by atoms with Crippen LogP contribution in [-0.2, 0) is 13.0 Å². The van der Waals surface area contributed by atoms with Crippen LogP contribution in [0.5, 0.6) is 0 Å². The molecule has 0 radical (unpaired) electrons. The summed E-state index contributed by atoms with van der Waals surface area (Å²) in [6, 6.07) is 13.0. The topological polar surface area (TPSA) is 74.0 Å². The zero-order chi connectivity index (χ0) is 19.4. The van der Waals surface area contributed by atoms with E-state index in [1.165, 1.54) is 0 Å². The Kier molecular flexibility index (Phi) is 5.81. The molecule has 27 heavy (non-hydrogen) atoms. The Bertz CT molecular complexity index is 1040. The molecule has 2 aromatic carbocycles. The molecule has 1 heterocycles. The van der Waals surface area contributed by atoms with Gasteiger partial charge in [0.05, 0.1) is 0 Å².